The molecule has 0 fully saturated rings. The van der Waals surface area contributed by atoms with Crippen LogP contribution in [0.3, 0.4) is 0 Å². The molecule has 0 aliphatic heterocycles. The van der Waals surface area contributed by atoms with Crippen molar-refractivity contribution in [2.24, 2.45) is 0 Å². The minimum absolute atomic E-state index is 0.258. The fourth-order valence-electron chi connectivity index (χ4n) is 1.12. The molecule has 0 unspecified atom stereocenters. The van der Waals surface area contributed by atoms with E-state index in [2.05, 4.69) is 9.97 Å². The van der Waals surface area contributed by atoms with Gasteiger partial charge >= 0.3 is 0 Å². The van der Waals surface area contributed by atoms with Gasteiger partial charge in [0.05, 0.1) is 22.3 Å². The maximum Gasteiger partial charge on any atom is 0.260 e. The first kappa shape index (κ1) is 12.0. The molecule has 5 heteroatoms. The predicted molar refractivity (Wildman–Crippen MR) is 63.7 cm³/mol. The van der Waals surface area contributed by atoms with Crippen LogP contribution in [0.5, 0.6) is 0 Å². The third-order valence-corrected chi connectivity index (χ3v) is 2.18. The second-order valence-corrected chi connectivity index (χ2v) is 3.36. The van der Waals surface area contributed by atoms with E-state index in [9.17, 15) is 4.79 Å². The Hall–Kier alpha value is -1.06. The summed E-state index contributed by atoms with van der Waals surface area (Å²) in [5, 5.41) is 1.15. The molecule has 0 amide bonds. The molecular weight excluding hydrogens is 235 g/mol. The molecule has 1 aromatic carbocycles. The van der Waals surface area contributed by atoms with Gasteiger partial charge in [0.25, 0.3) is 5.56 Å². The topological polar surface area (TPSA) is 45.8 Å². The number of aromatic nitrogens is 2. The molecular formula is C10H10Cl2N2O. The molecule has 3 nitrogen and oxygen atoms in total. The molecule has 0 atom stereocenters. The molecule has 1 N–H and O–H groups in total. The van der Waals surface area contributed by atoms with Crippen molar-refractivity contribution in [1.29, 1.82) is 0 Å². The third-order valence-electron chi connectivity index (χ3n) is 1.66. The fraction of sp³-hybridized carbons (Fsp3) is 0.200. The van der Waals surface area contributed by atoms with Crippen LogP contribution >= 0.6 is 23.2 Å². The zero-order valence-electron chi connectivity index (χ0n) is 8.34. The number of halogens is 2. The van der Waals surface area contributed by atoms with E-state index in [0.29, 0.717) is 20.9 Å². The molecule has 80 valence electrons. The number of H-pyrrole nitrogens is 1. The van der Waals surface area contributed by atoms with Crippen molar-refractivity contribution in [3.05, 3.63) is 38.9 Å². The quantitative estimate of drug-likeness (QED) is 0.774. The molecule has 0 bridgehead atoms. The molecule has 0 radical (unpaired) electrons. The SMILES string of the molecule is CC.O=c1[nH]cnc2cc(Cl)cc(Cl)c12. The highest BCUT2D eigenvalue weighted by atomic mass is 35.5. The molecule has 0 aliphatic carbocycles. The predicted octanol–water partition coefficient (Wildman–Crippen LogP) is 3.26. The first-order chi connectivity index (χ1) is 7.18. The molecule has 2 aromatic rings. The Balaban J connectivity index is 0.000000531. The van der Waals surface area contributed by atoms with Gasteiger partial charge in [0.1, 0.15) is 0 Å². The minimum Gasteiger partial charge on any atom is -0.313 e. The highest BCUT2D eigenvalue weighted by Crippen LogP contribution is 2.23. The average Bonchev–Trinajstić information content (AvgIpc) is 2.19. The van der Waals surface area contributed by atoms with E-state index in [-0.39, 0.29) is 5.56 Å². The van der Waals surface area contributed by atoms with Crippen molar-refractivity contribution >= 4 is 34.1 Å². The Bertz CT molecular complexity index is 522. The molecule has 1 aromatic heterocycles. The maximum absolute atomic E-state index is 11.3. The van der Waals surface area contributed by atoms with Gasteiger partial charge in [-0.2, -0.15) is 0 Å². The van der Waals surface area contributed by atoms with Crippen molar-refractivity contribution in [3.63, 3.8) is 0 Å². The van der Waals surface area contributed by atoms with Gasteiger partial charge in [0, 0.05) is 5.02 Å². The summed E-state index contributed by atoms with van der Waals surface area (Å²) in [5.41, 5.74) is 0.243. The lowest BCUT2D eigenvalue weighted by molar-refractivity contribution is 1.17. The lowest BCUT2D eigenvalue weighted by atomic mass is 10.2. The zero-order chi connectivity index (χ0) is 11.4. The van der Waals surface area contributed by atoms with Crippen molar-refractivity contribution in [1.82, 2.24) is 9.97 Å². The third kappa shape index (κ3) is 2.49. The van der Waals surface area contributed by atoms with Gasteiger partial charge < -0.3 is 4.98 Å². The summed E-state index contributed by atoms with van der Waals surface area (Å²) in [6.45, 7) is 4.00. The van der Waals surface area contributed by atoms with E-state index in [1.54, 1.807) is 6.07 Å². The van der Waals surface area contributed by atoms with Gasteiger partial charge in [0.2, 0.25) is 0 Å². The highest BCUT2D eigenvalue weighted by Gasteiger charge is 2.05. The molecule has 0 spiro atoms. The summed E-state index contributed by atoms with van der Waals surface area (Å²) >= 11 is 11.6. The number of aromatic amines is 1. The number of hydrogen-bond donors (Lipinski definition) is 1. The van der Waals surface area contributed by atoms with Gasteiger partial charge in [-0.15, -0.1) is 0 Å². The van der Waals surface area contributed by atoms with Crippen LogP contribution < -0.4 is 5.56 Å². The van der Waals surface area contributed by atoms with Crippen LogP contribution in [0, 0.1) is 0 Å². The van der Waals surface area contributed by atoms with Crippen LogP contribution in [0.1, 0.15) is 13.8 Å². The Kier molecular flexibility index (Phi) is 4.12. The second-order valence-electron chi connectivity index (χ2n) is 2.51. The number of benzene rings is 1. The lowest BCUT2D eigenvalue weighted by Gasteiger charge is -1.98. The molecule has 15 heavy (non-hydrogen) atoms. The Morgan fingerprint density at radius 3 is 2.60 bits per heavy atom. The smallest absolute Gasteiger partial charge is 0.260 e. The van der Waals surface area contributed by atoms with E-state index in [0.717, 1.165) is 0 Å². The van der Waals surface area contributed by atoms with Crippen LogP contribution in [0.25, 0.3) is 10.9 Å². The molecule has 0 saturated carbocycles. The zero-order valence-corrected chi connectivity index (χ0v) is 9.86. The standard InChI is InChI=1S/C8H4Cl2N2O.C2H6/c9-4-1-5(10)7-6(2-4)11-3-12-8(7)13;1-2/h1-3H,(H,11,12,13);1-2H3. The number of fused-ring (bicyclic) bond motifs is 1. The summed E-state index contributed by atoms with van der Waals surface area (Å²) in [6, 6.07) is 3.11. The van der Waals surface area contributed by atoms with Gasteiger partial charge in [-0.1, -0.05) is 37.0 Å². The molecule has 0 saturated heterocycles. The summed E-state index contributed by atoms with van der Waals surface area (Å²) in [5.74, 6) is 0. The van der Waals surface area contributed by atoms with E-state index >= 15 is 0 Å². The minimum atomic E-state index is -0.258. The normalized spacial score (nSPS) is 9.60. The number of hydrogen-bond acceptors (Lipinski definition) is 2. The highest BCUT2D eigenvalue weighted by molar-refractivity contribution is 6.38. The molecule has 0 aliphatic rings. The first-order valence-corrected chi connectivity index (χ1v) is 5.26. The van der Waals surface area contributed by atoms with Gasteiger partial charge in [-0.25, -0.2) is 4.98 Å². The van der Waals surface area contributed by atoms with E-state index in [4.69, 9.17) is 23.2 Å². The van der Waals surface area contributed by atoms with Crippen LogP contribution in [-0.4, -0.2) is 9.97 Å². The lowest BCUT2D eigenvalue weighted by Crippen LogP contribution is -2.06. The fourth-order valence-corrected chi connectivity index (χ4v) is 1.69. The van der Waals surface area contributed by atoms with Crippen molar-refractivity contribution < 1.29 is 0 Å². The van der Waals surface area contributed by atoms with E-state index in [1.807, 2.05) is 13.8 Å². The Morgan fingerprint density at radius 1 is 1.27 bits per heavy atom. The monoisotopic (exact) mass is 244 g/mol. The van der Waals surface area contributed by atoms with Crippen molar-refractivity contribution in [3.8, 4) is 0 Å². The summed E-state index contributed by atoms with van der Waals surface area (Å²) in [6.07, 6.45) is 1.32. The maximum atomic E-state index is 11.3. The van der Waals surface area contributed by atoms with E-state index < -0.39 is 0 Å². The van der Waals surface area contributed by atoms with Gasteiger partial charge in [-0.3, -0.25) is 4.79 Å². The van der Waals surface area contributed by atoms with Crippen molar-refractivity contribution in [2.45, 2.75) is 13.8 Å². The number of rotatable bonds is 0. The Labute approximate surface area is 97.1 Å². The van der Waals surface area contributed by atoms with Crippen LogP contribution in [-0.2, 0) is 0 Å². The first-order valence-electron chi connectivity index (χ1n) is 4.51. The largest absolute Gasteiger partial charge is 0.313 e. The van der Waals surface area contributed by atoms with Gasteiger partial charge in [0.15, 0.2) is 0 Å². The molecule has 2 rings (SSSR count). The summed E-state index contributed by atoms with van der Waals surface area (Å²) < 4.78 is 0. The van der Waals surface area contributed by atoms with Crippen LogP contribution in [0.4, 0.5) is 0 Å². The Morgan fingerprint density at radius 2 is 1.93 bits per heavy atom. The molecule has 1 heterocycles. The number of nitrogens with zero attached hydrogens (tertiary/aromatic N) is 1. The average molecular weight is 245 g/mol. The van der Waals surface area contributed by atoms with Gasteiger partial charge in [-0.05, 0) is 12.1 Å². The van der Waals surface area contributed by atoms with E-state index in [1.165, 1.54) is 12.4 Å². The second kappa shape index (κ2) is 5.14. The van der Waals surface area contributed by atoms with Crippen molar-refractivity contribution in [2.75, 3.05) is 0 Å². The van der Waals surface area contributed by atoms with Crippen LogP contribution in [0.2, 0.25) is 10.0 Å². The van der Waals surface area contributed by atoms with Crippen LogP contribution in [0.15, 0.2) is 23.3 Å². The number of nitrogens with one attached hydrogen (secondary N) is 1. The summed E-state index contributed by atoms with van der Waals surface area (Å²) in [4.78, 5) is 17.7. The summed E-state index contributed by atoms with van der Waals surface area (Å²) in [7, 11) is 0.